The first-order valence-electron chi connectivity index (χ1n) is 7.55. The lowest BCUT2D eigenvalue weighted by atomic mass is 10.2. The molecule has 1 unspecified atom stereocenters. The Labute approximate surface area is 117 Å². The third kappa shape index (κ3) is 7.33. The lowest BCUT2D eigenvalue weighted by Crippen LogP contribution is -2.38. The van der Waals surface area contributed by atoms with Crippen molar-refractivity contribution in [1.29, 1.82) is 0 Å². The number of hydrogen-bond donors (Lipinski definition) is 1. The minimum Gasteiger partial charge on any atom is -0.463 e. The van der Waals surface area contributed by atoms with Crippen LogP contribution in [0.15, 0.2) is 12.2 Å². The maximum atomic E-state index is 11.2. The topological polar surface area (TPSA) is 41.6 Å². The van der Waals surface area contributed by atoms with Gasteiger partial charge < -0.3 is 10.1 Å². The van der Waals surface area contributed by atoms with E-state index in [1.165, 1.54) is 25.7 Å². The largest absolute Gasteiger partial charge is 0.463 e. The van der Waals surface area contributed by atoms with Crippen molar-refractivity contribution in [2.45, 2.75) is 45.6 Å². The van der Waals surface area contributed by atoms with Crippen molar-refractivity contribution in [3.8, 4) is 0 Å². The van der Waals surface area contributed by atoms with E-state index in [-0.39, 0.29) is 5.97 Å². The van der Waals surface area contributed by atoms with Crippen molar-refractivity contribution in [2.24, 2.45) is 0 Å². The monoisotopic (exact) mass is 268 g/mol. The van der Waals surface area contributed by atoms with Crippen LogP contribution in [-0.4, -0.2) is 49.7 Å². The summed E-state index contributed by atoms with van der Waals surface area (Å²) < 4.78 is 4.88. The van der Waals surface area contributed by atoms with E-state index in [4.69, 9.17) is 4.74 Å². The van der Waals surface area contributed by atoms with Gasteiger partial charge in [-0.15, -0.1) is 0 Å². The first-order valence-corrected chi connectivity index (χ1v) is 7.55. The number of rotatable bonds is 9. The molecule has 0 amide bonds. The normalized spacial score (nSPS) is 19.4. The molecule has 1 rings (SSSR count). The molecule has 1 saturated heterocycles. The molecule has 19 heavy (non-hydrogen) atoms. The second kappa shape index (κ2) is 9.98. The summed E-state index contributed by atoms with van der Waals surface area (Å²) in [6.07, 6.45) is 8.43. The average Bonchev–Trinajstić information content (AvgIpc) is 2.89. The molecule has 1 N–H and O–H groups in total. The van der Waals surface area contributed by atoms with E-state index >= 15 is 0 Å². The summed E-state index contributed by atoms with van der Waals surface area (Å²) in [5.41, 5.74) is 0. The first kappa shape index (κ1) is 16.2. The molecule has 1 fully saturated rings. The van der Waals surface area contributed by atoms with E-state index in [0.29, 0.717) is 12.6 Å². The van der Waals surface area contributed by atoms with Crippen molar-refractivity contribution in [3.63, 3.8) is 0 Å². The van der Waals surface area contributed by atoms with E-state index < -0.39 is 0 Å². The number of carbonyl (C=O) groups excluding carboxylic acids is 1. The predicted octanol–water partition coefficient (Wildman–Crippen LogP) is 1.96. The number of carbonyl (C=O) groups is 1. The average molecular weight is 268 g/mol. The molecular formula is C15H28N2O2. The lowest BCUT2D eigenvalue weighted by Gasteiger charge is -2.24. The van der Waals surface area contributed by atoms with E-state index in [2.05, 4.69) is 17.1 Å². The molecule has 1 heterocycles. The minimum absolute atomic E-state index is 0.239. The fraction of sp³-hybridized carbons (Fsp3) is 0.800. The summed E-state index contributed by atoms with van der Waals surface area (Å²) in [6.45, 7) is 8.62. The van der Waals surface area contributed by atoms with Crippen molar-refractivity contribution in [2.75, 3.05) is 32.8 Å². The molecule has 0 bridgehead atoms. The molecule has 0 radical (unpaired) electrons. The highest BCUT2D eigenvalue weighted by Crippen LogP contribution is 2.08. The van der Waals surface area contributed by atoms with Gasteiger partial charge in [-0.25, -0.2) is 4.79 Å². The Morgan fingerprint density at radius 3 is 2.95 bits per heavy atom. The third-order valence-electron chi connectivity index (χ3n) is 3.37. The van der Waals surface area contributed by atoms with Crippen LogP contribution in [0.5, 0.6) is 0 Å². The van der Waals surface area contributed by atoms with Gasteiger partial charge in [0.15, 0.2) is 0 Å². The minimum atomic E-state index is -0.239. The quantitative estimate of drug-likeness (QED) is 0.513. The van der Waals surface area contributed by atoms with Gasteiger partial charge in [0.1, 0.15) is 0 Å². The van der Waals surface area contributed by atoms with Gasteiger partial charge in [-0.1, -0.05) is 19.4 Å². The number of nitrogens with zero attached hydrogens (tertiary/aromatic N) is 1. The highest BCUT2D eigenvalue weighted by Gasteiger charge is 2.16. The Balaban J connectivity index is 2.32. The summed E-state index contributed by atoms with van der Waals surface area (Å²) in [4.78, 5) is 13.7. The summed E-state index contributed by atoms with van der Waals surface area (Å²) in [5.74, 6) is -0.239. The van der Waals surface area contributed by atoms with Crippen LogP contribution >= 0.6 is 0 Å². The fourth-order valence-electron chi connectivity index (χ4n) is 2.35. The van der Waals surface area contributed by atoms with Gasteiger partial charge in [0.2, 0.25) is 0 Å². The highest BCUT2D eigenvalue weighted by atomic mass is 16.5. The SMILES string of the molecule is CCCCN(C/C=C/C(=O)OCC)CC1CCCN1. The van der Waals surface area contributed by atoms with Gasteiger partial charge in [-0.05, 0) is 39.3 Å². The van der Waals surface area contributed by atoms with Crippen LogP contribution in [0.2, 0.25) is 0 Å². The van der Waals surface area contributed by atoms with Crippen molar-refractivity contribution in [1.82, 2.24) is 10.2 Å². The third-order valence-corrected chi connectivity index (χ3v) is 3.37. The molecule has 1 aliphatic rings. The van der Waals surface area contributed by atoms with E-state index in [9.17, 15) is 4.79 Å². The number of esters is 1. The van der Waals surface area contributed by atoms with Crippen molar-refractivity contribution >= 4 is 5.97 Å². The van der Waals surface area contributed by atoms with Crippen LogP contribution in [0, 0.1) is 0 Å². The second-order valence-corrected chi connectivity index (χ2v) is 5.06. The predicted molar refractivity (Wildman–Crippen MR) is 78.1 cm³/mol. The molecule has 0 aromatic rings. The van der Waals surface area contributed by atoms with Gasteiger partial charge in [0.25, 0.3) is 0 Å². The van der Waals surface area contributed by atoms with Crippen molar-refractivity contribution < 1.29 is 9.53 Å². The number of ether oxygens (including phenoxy) is 1. The number of hydrogen-bond acceptors (Lipinski definition) is 4. The Hall–Kier alpha value is -0.870. The Morgan fingerprint density at radius 2 is 2.32 bits per heavy atom. The maximum absolute atomic E-state index is 11.2. The van der Waals surface area contributed by atoms with Crippen LogP contribution in [0.1, 0.15) is 39.5 Å². The molecule has 0 spiro atoms. The first-order chi connectivity index (χ1) is 9.26. The molecule has 1 atom stereocenters. The Morgan fingerprint density at radius 1 is 1.47 bits per heavy atom. The van der Waals surface area contributed by atoms with E-state index in [1.807, 2.05) is 13.0 Å². The molecular weight excluding hydrogens is 240 g/mol. The zero-order chi connectivity index (χ0) is 13.9. The van der Waals surface area contributed by atoms with E-state index in [0.717, 1.165) is 26.2 Å². The summed E-state index contributed by atoms with van der Waals surface area (Å²) >= 11 is 0. The van der Waals surface area contributed by atoms with E-state index in [1.54, 1.807) is 6.08 Å². The zero-order valence-corrected chi connectivity index (χ0v) is 12.4. The van der Waals surface area contributed by atoms with Crippen molar-refractivity contribution in [3.05, 3.63) is 12.2 Å². The standard InChI is InChI=1S/C15H28N2O2/c1-3-5-11-17(13-14-8-6-10-16-14)12-7-9-15(18)19-4-2/h7,9,14,16H,3-6,8,10-13H2,1-2H3/b9-7+. The van der Waals surface area contributed by atoms with Gasteiger partial charge in [0.05, 0.1) is 6.61 Å². The van der Waals surface area contributed by atoms with Gasteiger partial charge in [-0.3, -0.25) is 4.90 Å². The number of unbranched alkanes of at least 4 members (excludes halogenated alkanes) is 1. The molecule has 0 aromatic heterocycles. The van der Waals surface area contributed by atoms with Crippen LogP contribution in [0.3, 0.4) is 0 Å². The van der Waals surface area contributed by atoms with Gasteiger partial charge in [-0.2, -0.15) is 0 Å². The molecule has 0 aliphatic carbocycles. The molecule has 1 aliphatic heterocycles. The molecule has 4 heteroatoms. The highest BCUT2D eigenvalue weighted by molar-refractivity contribution is 5.81. The Bertz CT molecular complexity index is 273. The summed E-state index contributed by atoms with van der Waals surface area (Å²) in [7, 11) is 0. The molecule has 0 saturated carbocycles. The summed E-state index contributed by atoms with van der Waals surface area (Å²) in [6, 6.07) is 0.618. The molecule has 0 aromatic carbocycles. The smallest absolute Gasteiger partial charge is 0.330 e. The maximum Gasteiger partial charge on any atom is 0.330 e. The Kier molecular flexibility index (Phi) is 8.50. The fourth-order valence-corrected chi connectivity index (χ4v) is 2.35. The molecule has 110 valence electrons. The van der Waals surface area contributed by atoms with Crippen LogP contribution in [0.25, 0.3) is 0 Å². The second-order valence-electron chi connectivity index (χ2n) is 5.06. The van der Waals surface area contributed by atoms with Gasteiger partial charge in [0, 0.05) is 25.2 Å². The van der Waals surface area contributed by atoms with Crippen LogP contribution < -0.4 is 5.32 Å². The molecule has 4 nitrogen and oxygen atoms in total. The number of nitrogens with one attached hydrogen (secondary N) is 1. The summed E-state index contributed by atoms with van der Waals surface area (Å²) in [5, 5.41) is 3.53. The van der Waals surface area contributed by atoms with Crippen LogP contribution in [-0.2, 0) is 9.53 Å². The lowest BCUT2D eigenvalue weighted by molar-refractivity contribution is -0.137. The zero-order valence-electron chi connectivity index (χ0n) is 12.4. The van der Waals surface area contributed by atoms with Crippen LogP contribution in [0.4, 0.5) is 0 Å². The van der Waals surface area contributed by atoms with Gasteiger partial charge >= 0.3 is 5.97 Å².